The smallest absolute Gasteiger partial charge is 0.268 e. The molecule has 0 fully saturated rings. The highest BCUT2D eigenvalue weighted by Crippen LogP contribution is 2.30. The minimum Gasteiger partial charge on any atom is -0.353 e. The maximum atomic E-state index is 14.3. The van der Waals surface area contributed by atoms with Crippen LogP contribution in [-0.2, 0) is 16.6 Å². The lowest BCUT2D eigenvalue weighted by Gasteiger charge is -2.11. The van der Waals surface area contributed by atoms with Gasteiger partial charge in [0.25, 0.3) is 10.0 Å². The van der Waals surface area contributed by atoms with E-state index in [1.165, 1.54) is 10.0 Å². The van der Waals surface area contributed by atoms with Crippen molar-refractivity contribution in [2.24, 2.45) is 0 Å². The van der Waals surface area contributed by atoms with Crippen LogP contribution in [0.4, 0.5) is 15.8 Å². The maximum absolute atomic E-state index is 14.3. The summed E-state index contributed by atoms with van der Waals surface area (Å²) in [5.74, 6) is -0.362. The molecule has 5 nitrogen and oxygen atoms in total. The molecule has 0 amide bonds. The predicted molar refractivity (Wildman–Crippen MR) is 130 cm³/mol. The summed E-state index contributed by atoms with van der Waals surface area (Å²) >= 11 is 0. The number of rotatable bonds is 6. The standard InChI is InChI=1S/C24H24FN3O2S.ClH/c1-16-4-8-20(9-5-16)31(29,30)28-15-18(14-26-3)21-10-7-19(13-24(21)28)27-23-11-6-17(2)12-22(23)25;/h4-13,15,26-27H,14H2,1-3H3;1H. The molecule has 4 aromatic rings. The first kappa shape index (κ1) is 23.8. The second kappa shape index (κ2) is 9.32. The molecule has 1 aromatic heterocycles. The number of hydrogen-bond donors (Lipinski definition) is 2. The van der Waals surface area contributed by atoms with Crippen LogP contribution in [0.5, 0.6) is 0 Å². The summed E-state index contributed by atoms with van der Waals surface area (Å²) in [7, 11) is -1.98. The Hall–Kier alpha value is -2.87. The van der Waals surface area contributed by atoms with Crippen molar-refractivity contribution < 1.29 is 12.8 Å². The summed E-state index contributed by atoms with van der Waals surface area (Å²) in [4.78, 5) is 0.217. The molecule has 0 bridgehead atoms. The molecule has 168 valence electrons. The first-order chi connectivity index (χ1) is 14.8. The summed E-state index contributed by atoms with van der Waals surface area (Å²) in [5, 5.41) is 6.96. The molecule has 4 rings (SSSR count). The van der Waals surface area contributed by atoms with E-state index >= 15 is 0 Å². The first-order valence-electron chi connectivity index (χ1n) is 9.93. The third-order valence-electron chi connectivity index (χ3n) is 5.20. The third kappa shape index (κ3) is 4.50. The highest BCUT2D eigenvalue weighted by Gasteiger charge is 2.21. The Morgan fingerprint density at radius 3 is 2.28 bits per heavy atom. The minimum absolute atomic E-state index is 0. The van der Waals surface area contributed by atoms with Gasteiger partial charge in [-0.2, -0.15) is 0 Å². The summed E-state index contributed by atoms with van der Waals surface area (Å²) in [5.41, 5.74) is 4.14. The quantitative estimate of drug-likeness (QED) is 0.387. The number of aryl methyl sites for hydroxylation is 2. The van der Waals surface area contributed by atoms with E-state index in [1.54, 1.807) is 42.6 Å². The minimum atomic E-state index is -3.80. The molecule has 0 aliphatic rings. The Kier molecular flexibility index (Phi) is 6.93. The molecule has 0 atom stereocenters. The summed E-state index contributed by atoms with van der Waals surface area (Å²) in [6.45, 7) is 4.26. The third-order valence-corrected chi connectivity index (χ3v) is 6.89. The van der Waals surface area contributed by atoms with Crippen LogP contribution < -0.4 is 10.6 Å². The molecular formula is C24H25ClFN3O2S. The van der Waals surface area contributed by atoms with Crippen molar-refractivity contribution in [2.75, 3.05) is 12.4 Å². The molecule has 0 aliphatic heterocycles. The van der Waals surface area contributed by atoms with Gasteiger partial charge in [0, 0.05) is 23.8 Å². The van der Waals surface area contributed by atoms with Gasteiger partial charge in [-0.05, 0) is 68.4 Å². The molecule has 0 saturated heterocycles. The first-order valence-corrected chi connectivity index (χ1v) is 11.4. The van der Waals surface area contributed by atoms with E-state index in [9.17, 15) is 12.8 Å². The number of anilines is 2. The lowest BCUT2D eigenvalue weighted by Crippen LogP contribution is -2.12. The van der Waals surface area contributed by atoms with Gasteiger partial charge in [0.2, 0.25) is 0 Å². The predicted octanol–water partition coefficient (Wildman–Crippen LogP) is 5.52. The zero-order valence-electron chi connectivity index (χ0n) is 18.0. The Labute approximate surface area is 193 Å². The molecule has 0 unspecified atom stereocenters. The number of nitrogens with one attached hydrogen (secondary N) is 2. The second-order valence-corrected chi connectivity index (χ2v) is 9.45. The molecule has 32 heavy (non-hydrogen) atoms. The number of halogens is 2. The zero-order chi connectivity index (χ0) is 22.2. The normalized spacial score (nSPS) is 11.4. The molecule has 3 aromatic carbocycles. The molecule has 1 heterocycles. The van der Waals surface area contributed by atoms with Crippen LogP contribution in [0.25, 0.3) is 10.9 Å². The van der Waals surface area contributed by atoms with E-state index in [0.29, 0.717) is 23.4 Å². The number of fused-ring (bicyclic) bond motifs is 1. The van der Waals surface area contributed by atoms with E-state index in [0.717, 1.165) is 22.1 Å². The van der Waals surface area contributed by atoms with Crippen molar-refractivity contribution in [1.82, 2.24) is 9.29 Å². The van der Waals surface area contributed by atoms with E-state index in [-0.39, 0.29) is 23.1 Å². The number of hydrogen-bond acceptors (Lipinski definition) is 4. The maximum Gasteiger partial charge on any atom is 0.268 e. The van der Waals surface area contributed by atoms with E-state index in [1.807, 2.05) is 39.1 Å². The van der Waals surface area contributed by atoms with Gasteiger partial charge in [0.1, 0.15) is 5.82 Å². The van der Waals surface area contributed by atoms with Gasteiger partial charge >= 0.3 is 0 Å². The number of benzene rings is 3. The SMILES string of the molecule is CNCc1cn(S(=O)(=O)c2ccc(C)cc2)c2cc(Nc3ccc(C)cc3F)ccc12.Cl. The van der Waals surface area contributed by atoms with Crippen LogP contribution in [-0.4, -0.2) is 19.4 Å². The van der Waals surface area contributed by atoms with Gasteiger partial charge in [-0.1, -0.05) is 29.8 Å². The van der Waals surface area contributed by atoms with Crippen molar-refractivity contribution in [2.45, 2.75) is 25.3 Å². The zero-order valence-corrected chi connectivity index (χ0v) is 19.6. The summed E-state index contributed by atoms with van der Waals surface area (Å²) < 4.78 is 42.4. The van der Waals surface area contributed by atoms with Gasteiger partial charge in [-0.3, -0.25) is 0 Å². The lowest BCUT2D eigenvalue weighted by molar-refractivity contribution is 0.589. The fourth-order valence-electron chi connectivity index (χ4n) is 3.57. The Bertz CT molecular complexity index is 1370. The Balaban J connectivity index is 0.00000289. The summed E-state index contributed by atoms with van der Waals surface area (Å²) in [6.07, 6.45) is 1.65. The van der Waals surface area contributed by atoms with Crippen LogP contribution in [0.1, 0.15) is 16.7 Å². The van der Waals surface area contributed by atoms with Gasteiger partial charge in [-0.25, -0.2) is 16.8 Å². The number of aromatic nitrogens is 1. The second-order valence-electron chi connectivity index (χ2n) is 7.64. The molecule has 0 spiro atoms. The average Bonchev–Trinajstić information content (AvgIpc) is 3.09. The fourth-order valence-corrected chi connectivity index (χ4v) is 4.96. The van der Waals surface area contributed by atoms with Crippen LogP contribution in [0.3, 0.4) is 0 Å². The Morgan fingerprint density at radius 1 is 0.938 bits per heavy atom. The molecule has 0 saturated carbocycles. The van der Waals surface area contributed by atoms with E-state index in [4.69, 9.17) is 0 Å². The fraction of sp³-hybridized carbons (Fsp3) is 0.167. The highest BCUT2D eigenvalue weighted by molar-refractivity contribution is 7.90. The molecule has 0 radical (unpaired) electrons. The van der Waals surface area contributed by atoms with E-state index in [2.05, 4.69) is 10.6 Å². The van der Waals surface area contributed by atoms with Crippen molar-refractivity contribution in [1.29, 1.82) is 0 Å². The monoisotopic (exact) mass is 473 g/mol. The highest BCUT2D eigenvalue weighted by atomic mass is 35.5. The Morgan fingerprint density at radius 2 is 1.62 bits per heavy atom. The lowest BCUT2D eigenvalue weighted by atomic mass is 10.1. The molecule has 2 N–H and O–H groups in total. The molecule has 0 aliphatic carbocycles. The van der Waals surface area contributed by atoms with Crippen molar-refractivity contribution in [3.8, 4) is 0 Å². The molecular weight excluding hydrogens is 449 g/mol. The topological polar surface area (TPSA) is 63.1 Å². The summed E-state index contributed by atoms with van der Waals surface area (Å²) in [6, 6.07) is 17.1. The van der Waals surface area contributed by atoms with Crippen molar-refractivity contribution in [3.05, 3.63) is 89.4 Å². The van der Waals surface area contributed by atoms with Crippen LogP contribution in [0.15, 0.2) is 71.8 Å². The van der Waals surface area contributed by atoms with Gasteiger partial charge in [0.05, 0.1) is 16.1 Å². The largest absolute Gasteiger partial charge is 0.353 e. The van der Waals surface area contributed by atoms with Crippen LogP contribution in [0, 0.1) is 19.7 Å². The van der Waals surface area contributed by atoms with Crippen molar-refractivity contribution in [3.63, 3.8) is 0 Å². The van der Waals surface area contributed by atoms with Crippen LogP contribution in [0.2, 0.25) is 0 Å². The van der Waals surface area contributed by atoms with Crippen molar-refractivity contribution >= 4 is 44.7 Å². The van der Waals surface area contributed by atoms with Gasteiger partial charge in [-0.15, -0.1) is 12.4 Å². The average molecular weight is 474 g/mol. The van der Waals surface area contributed by atoms with Crippen LogP contribution >= 0.6 is 12.4 Å². The molecule has 8 heteroatoms. The van der Waals surface area contributed by atoms with Gasteiger partial charge < -0.3 is 10.6 Å². The number of nitrogens with zero attached hydrogens (tertiary/aromatic N) is 1. The van der Waals surface area contributed by atoms with Gasteiger partial charge in [0.15, 0.2) is 0 Å². The van der Waals surface area contributed by atoms with E-state index < -0.39 is 10.0 Å².